The number of benzene rings is 1. The first kappa shape index (κ1) is 13.7. The maximum Gasteiger partial charge on any atom is 0.345 e. The van der Waals surface area contributed by atoms with Crippen molar-refractivity contribution in [2.24, 2.45) is 0 Å². The molecule has 1 aromatic heterocycles. The summed E-state index contributed by atoms with van der Waals surface area (Å²) in [5.74, 6) is -0.212. The van der Waals surface area contributed by atoms with Gasteiger partial charge in [-0.3, -0.25) is 0 Å². The second-order valence-electron chi connectivity index (χ2n) is 3.77. The van der Waals surface area contributed by atoms with Crippen LogP contribution in [0.25, 0.3) is 0 Å². The maximum atomic E-state index is 10.8. The summed E-state index contributed by atoms with van der Waals surface area (Å²) in [6, 6.07) is 8.68. The van der Waals surface area contributed by atoms with Crippen molar-refractivity contribution in [3.05, 3.63) is 45.1 Å². The van der Waals surface area contributed by atoms with Crippen LogP contribution in [0, 0.1) is 0 Å². The van der Waals surface area contributed by atoms with Crippen molar-refractivity contribution in [1.82, 2.24) is 0 Å². The van der Waals surface area contributed by atoms with Gasteiger partial charge in [-0.15, -0.1) is 11.3 Å². The van der Waals surface area contributed by atoms with Crippen LogP contribution in [0.3, 0.4) is 0 Å². The Labute approximate surface area is 119 Å². The van der Waals surface area contributed by atoms with Crippen LogP contribution in [-0.4, -0.2) is 18.2 Å². The molecule has 0 saturated carbocycles. The summed E-state index contributed by atoms with van der Waals surface area (Å²) in [4.78, 5) is 12.0. The summed E-state index contributed by atoms with van der Waals surface area (Å²) >= 11 is 7.17. The van der Waals surface area contributed by atoms with Crippen molar-refractivity contribution in [3.8, 4) is 5.75 Å². The van der Waals surface area contributed by atoms with Crippen molar-refractivity contribution in [3.63, 3.8) is 0 Å². The highest BCUT2D eigenvalue weighted by Gasteiger charge is 2.08. The van der Waals surface area contributed by atoms with Gasteiger partial charge in [0.2, 0.25) is 0 Å². The molecule has 19 heavy (non-hydrogen) atoms. The van der Waals surface area contributed by atoms with Crippen LogP contribution in [0.5, 0.6) is 5.75 Å². The molecule has 0 bridgehead atoms. The first-order valence-corrected chi connectivity index (χ1v) is 6.69. The minimum atomic E-state index is -0.906. The first-order chi connectivity index (χ1) is 9.10. The van der Waals surface area contributed by atoms with Gasteiger partial charge >= 0.3 is 5.97 Å². The molecular weight excluding hydrogens is 286 g/mol. The van der Waals surface area contributed by atoms with Crippen LogP contribution in [0.15, 0.2) is 30.3 Å². The number of hydrogen-bond donors (Lipinski definition) is 2. The fraction of sp³-hybridized carbons (Fsp3) is 0.154. The molecule has 0 radical (unpaired) electrons. The molecule has 0 aliphatic rings. The third-order valence-electron chi connectivity index (χ3n) is 2.49. The second-order valence-corrected chi connectivity index (χ2v) is 5.37. The summed E-state index contributed by atoms with van der Waals surface area (Å²) in [5, 5.41) is 12.6. The number of carboxylic acid groups (broad SMARTS) is 1. The molecule has 0 aliphatic carbocycles. The fourth-order valence-corrected chi connectivity index (χ4v) is 2.55. The molecule has 2 rings (SSSR count). The van der Waals surface area contributed by atoms with Gasteiger partial charge in [0.05, 0.1) is 12.8 Å². The number of thiophene rings is 1. The van der Waals surface area contributed by atoms with E-state index in [-0.39, 0.29) is 0 Å². The highest BCUT2D eigenvalue weighted by Crippen LogP contribution is 2.28. The summed E-state index contributed by atoms with van der Waals surface area (Å²) in [6.07, 6.45) is 0. The van der Waals surface area contributed by atoms with Crippen molar-refractivity contribution in [2.45, 2.75) is 6.54 Å². The Morgan fingerprint density at radius 3 is 2.84 bits per heavy atom. The zero-order chi connectivity index (χ0) is 13.8. The van der Waals surface area contributed by atoms with Crippen LogP contribution in [-0.2, 0) is 6.54 Å². The minimum absolute atomic E-state index is 0.329. The third-order valence-corrected chi connectivity index (χ3v) is 3.80. The highest BCUT2D eigenvalue weighted by molar-refractivity contribution is 7.13. The Hall–Kier alpha value is -1.72. The lowest BCUT2D eigenvalue weighted by atomic mass is 10.3. The topological polar surface area (TPSA) is 58.6 Å². The number of rotatable bonds is 5. The molecule has 0 fully saturated rings. The predicted octanol–water partition coefficient (Wildman–Crippen LogP) is 3.72. The number of aromatic carboxylic acids is 1. The van der Waals surface area contributed by atoms with Gasteiger partial charge in [0.15, 0.2) is 0 Å². The Morgan fingerprint density at radius 2 is 2.21 bits per heavy atom. The monoisotopic (exact) mass is 297 g/mol. The van der Waals surface area contributed by atoms with E-state index in [2.05, 4.69) is 5.32 Å². The zero-order valence-corrected chi connectivity index (χ0v) is 11.7. The van der Waals surface area contributed by atoms with Crippen molar-refractivity contribution >= 4 is 34.6 Å². The summed E-state index contributed by atoms with van der Waals surface area (Å²) in [6.45, 7) is 0.522. The third kappa shape index (κ3) is 3.39. The van der Waals surface area contributed by atoms with E-state index in [1.54, 1.807) is 37.4 Å². The van der Waals surface area contributed by atoms with Crippen LogP contribution in [0.1, 0.15) is 14.5 Å². The van der Waals surface area contributed by atoms with Gasteiger partial charge in [-0.1, -0.05) is 11.6 Å². The molecule has 1 heterocycles. The van der Waals surface area contributed by atoms with E-state index >= 15 is 0 Å². The summed E-state index contributed by atoms with van der Waals surface area (Å²) in [7, 11) is 1.59. The lowest BCUT2D eigenvalue weighted by Crippen LogP contribution is -1.99. The predicted molar refractivity (Wildman–Crippen MR) is 76.6 cm³/mol. The number of nitrogens with one attached hydrogen (secondary N) is 1. The molecule has 6 heteroatoms. The highest BCUT2D eigenvalue weighted by atomic mass is 35.5. The number of hydrogen-bond acceptors (Lipinski definition) is 4. The Morgan fingerprint density at radius 1 is 1.42 bits per heavy atom. The number of methoxy groups -OCH3 is 1. The maximum absolute atomic E-state index is 10.8. The zero-order valence-electron chi connectivity index (χ0n) is 10.1. The van der Waals surface area contributed by atoms with Crippen LogP contribution in [0.4, 0.5) is 5.69 Å². The molecule has 0 atom stereocenters. The second kappa shape index (κ2) is 5.95. The lowest BCUT2D eigenvalue weighted by molar-refractivity contribution is 0.0702. The average Bonchev–Trinajstić information content (AvgIpc) is 2.85. The van der Waals surface area contributed by atoms with E-state index in [0.717, 1.165) is 10.6 Å². The number of anilines is 1. The molecule has 0 unspecified atom stereocenters. The van der Waals surface area contributed by atoms with Crippen LogP contribution >= 0.6 is 22.9 Å². The lowest BCUT2D eigenvalue weighted by Gasteiger charge is -2.10. The molecule has 0 saturated heterocycles. The van der Waals surface area contributed by atoms with Crippen molar-refractivity contribution in [2.75, 3.05) is 12.4 Å². The fourth-order valence-electron chi connectivity index (χ4n) is 1.59. The smallest absolute Gasteiger partial charge is 0.345 e. The molecule has 2 N–H and O–H groups in total. The van der Waals surface area contributed by atoms with Crippen molar-refractivity contribution in [1.29, 1.82) is 0 Å². The average molecular weight is 298 g/mol. The van der Waals surface area contributed by atoms with E-state index in [0.29, 0.717) is 22.2 Å². The Kier molecular flexibility index (Phi) is 4.29. The molecule has 0 spiro atoms. The largest absolute Gasteiger partial charge is 0.495 e. The quantitative estimate of drug-likeness (QED) is 0.883. The van der Waals surface area contributed by atoms with E-state index in [1.807, 2.05) is 0 Å². The van der Waals surface area contributed by atoms with E-state index < -0.39 is 5.97 Å². The van der Waals surface area contributed by atoms with Gasteiger partial charge in [0.1, 0.15) is 10.6 Å². The number of carboxylic acids is 1. The molecule has 1 aromatic carbocycles. The first-order valence-electron chi connectivity index (χ1n) is 5.49. The minimum Gasteiger partial charge on any atom is -0.495 e. The van der Waals surface area contributed by atoms with Gasteiger partial charge in [0.25, 0.3) is 0 Å². The van der Waals surface area contributed by atoms with Gasteiger partial charge in [-0.25, -0.2) is 4.79 Å². The molecule has 0 aliphatic heterocycles. The molecule has 4 nitrogen and oxygen atoms in total. The van der Waals surface area contributed by atoms with Gasteiger partial charge < -0.3 is 15.2 Å². The summed E-state index contributed by atoms with van der Waals surface area (Å²) < 4.78 is 5.22. The van der Waals surface area contributed by atoms with Gasteiger partial charge in [-0.2, -0.15) is 0 Å². The SMILES string of the molecule is COc1ccc(Cl)cc1NCc1ccc(C(=O)O)s1. The van der Waals surface area contributed by atoms with Crippen LogP contribution < -0.4 is 10.1 Å². The van der Waals surface area contributed by atoms with E-state index in [9.17, 15) is 4.79 Å². The molecule has 100 valence electrons. The Balaban J connectivity index is 2.09. The summed E-state index contributed by atoms with van der Waals surface area (Å²) in [5.41, 5.74) is 0.778. The van der Waals surface area contributed by atoms with Crippen molar-refractivity contribution < 1.29 is 14.6 Å². The van der Waals surface area contributed by atoms with Gasteiger partial charge in [-0.05, 0) is 30.3 Å². The molecular formula is C13H12ClNO3S. The van der Waals surface area contributed by atoms with E-state index in [1.165, 1.54) is 11.3 Å². The molecule has 0 amide bonds. The Bertz CT molecular complexity index is 597. The number of carbonyl (C=O) groups is 1. The molecule has 2 aromatic rings. The standard InChI is InChI=1S/C13H12ClNO3S/c1-18-11-4-2-8(14)6-10(11)15-7-9-3-5-12(19-9)13(16)17/h2-6,15H,7H2,1H3,(H,16,17). The number of ether oxygens (including phenoxy) is 1. The normalized spacial score (nSPS) is 10.2. The van der Waals surface area contributed by atoms with E-state index in [4.69, 9.17) is 21.4 Å². The number of halogens is 1. The van der Waals surface area contributed by atoms with Gasteiger partial charge in [0, 0.05) is 16.4 Å². The van der Waals surface area contributed by atoms with Crippen LogP contribution in [0.2, 0.25) is 5.02 Å².